The van der Waals surface area contributed by atoms with E-state index < -0.39 is 6.16 Å². The van der Waals surface area contributed by atoms with Crippen molar-refractivity contribution in [3.05, 3.63) is 0 Å². The lowest BCUT2D eigenvalue weighted by Crippen LogP contribution is -2.22. The first-order valence-electron chi connectivity index (χ1n) is 4.63. The molecule has 0 aromatic carbocycles. The molecule has 0 fully saturated rings. The smallest absolute Gasteiger partial charge is 0.438 e. The molecule has 0 saturated carbocycles. The fourth-order valence-corrected chi connectivity index (χ4v) is 0.820. The Labute approximate surface area is 85.2 Å². The van der Waals surface area contributed by atoms with Gasteiger partial charge in [-0.3, -0.25) is 4.90 Å². The van der Waals surface area contributed by atoms with Crippen molar-refractivity contribution in [1.29, 1.82) is 0 Å². The lowest BCUT2D eigenvalue weighted by atomic mass is 10.4. The molecule has 0 N–H and O–H groups in total. The minimum absolute atomic E-state index is 0.0912. The average molecular weight is 199 g/mol. The molecule has 14 heavy (non-hydrogen) atoms. The molecule has 0 amide bonds. The number of carbonyl (C=O) groups is 1. The van der Waals surface area contributed by atoms with Gasteiger partial charge in [0, 0.05) is 0 Å². The quantitative estimate of drug-likeness (QED) is 0.502. The van der Waals surface area contributed by atoms with Crippen LogP contribution in [0.25, 0.3) is 0 Å². The van der Waals surface area contributed by atoms with Gasteiger partial charge in [-0.25, -0.2) is 4.79 Å². The summed E-state index contributed by atoms with van der Waals surface area (Å²) in [5, 5.41) is 0. The van der Waals surface area contributed by atoms with Crippen LogP contribution in [0, 0.1) is 11.8 Å². The Bertz CT molecular complexity index is 213. The summed E-state index contributed by atoms with van der Waals surface area (Å²) in [6.07, 6.45) is -0.692. The lowest BCUT2D eigenvalue weighted by molar-refractivity contribution is 0.0832. The summed E-state index contributed by atoms with van der Waals surface area (Å²) in [4.78, 5) is 12.7. The highest BCUT2D eigenvalue weighted by Crippen LogP contribution is 1.84. The number of ether oxygens (including phenoxy) is 2. The minimum atomic E-state index is -0.692. The normalized spacial score (nSPS) is 9.14. The summed E-state index contributed by atoms with van der Waals surface area (Å²) in [5.74, 6) is 5.64. The van der Waals surface area contributed by atoms with E-state index in [1.807, 2.05) is 0 Å². The van der Waals surface area contributed by atoms with Crippen molar-refractivity contribution in [2.24, 2.45) is 0 Å². The topological polar surface area (TPSA) is 38.8 Å². The van der Waals surface area contributed by atoms with E-state index in [2.05, 4.69) is 40.1 Å². The molecule has 80 valence electrons. The highest BCUT2D eigenvalue weighted by molar-refractivity contribution is 5.59. The molecule has 0 atom stereocenters. The van der Waals surface area contributed by atoms with Crippen molar-refractivity contribution < 1.29 is 14.3 Å². The first-order chi connectivity index (χ1) is 6.74. The van der Waals surface area contributed by atoms with Crippen LogP contribution in [0.5, 0.6) is 0 Å². The molecule has 4 heteroatoms. The van der Waals surface area contributed by atoms with Crippen molar-refractivity contribution >= 4 is 6.16 Å². The molecule has 0 unspecified atom stereocenters. The Morgan fingerprint density at radius 1 is 1.29 bits per heavy atom. The van der Waals surface area contributed by atoms with Gasteiger partial charge in [0.05, 0.1) is 13.7 Å². The average Bonchev–Trinajstić information content (AvgIpc) is 2.23. The van der Waals surface area contributed by atoms with Crippen LogP contribution in [0.1, 0.15) is 13.8 Å². The molecule has 0 saturated heterocycles. The zero-order chi connectivity index (χ0) is 10.8. The van der Waals surface area contributed by atoms with Crippen LogP contribution in [0.2, 0.25) is 0 Å². The first-order valence-corrected chi connectivity index (χ1v) is 4.63. The van der Waals surface area contributed by atoms with Gasteiger partial charge in [0.2, 0.25) is 0 Å². The standard InChI is InChI=1S/C10H17NO3/c1-4-11(5-2)8-6-7-9-14-10(12)13-3/h4-5,8-9H2,1-3H3. The van der Waals surface area contributed by atoms with Gasteiger partial charge in [-0.2, -0.15) is 0 Å². The van der Waals surface area contributed by atoms with Crippen LogP contribution in [0.3, 0.4) is 0 Å². The summed E-state index contributed by atoms with van der Waals surface area (Å²) >= 11 is 0. The first kappa shape index (κ1) is 12.8. The second kappa shape index (κ2) is 8.39. The third kappa shape index (κ3) is 6.32. The van der Waals surface area contributed by atoms with E-state index in [4.69, 9.17) is 0 Å². The van der Waals surface area contributed by atoms with Crippen LogP contribution in [-0.4, -0.2) is 44.4 Å². The molecule has 0 spiro atoms. The molecule has 0 radical (unpaired) electrons. The van der Waals surface area contributed by atoms with Crippen molar-refractivity contribution in [2.75, 3.05) is 33.4 Å². The van der Waals surface area contributed by atoms with E-state index in [9.17, 15) is 4.79 Å². The number of methoxy groups -OCH3 is 1. The molecule has 4 nitrogen and oxygen atoms in total. The third-order valence-corrected chi connectivity index (χ3v) is 1.75. The Kier molecular flexibility index (Phi) is 7.67. The Morgan fingerprint density at radius 3 is 2.43 bits per heavy atom. The van der Waals surface area contributed by atoms with Crippen LogP contribution in [0.15, 0.2) is 0 Å². The molecular weight excluding hydrogens is 182 g/mol. The van der Waals surface area contributed by atoms with Gasteiger partial charge in [0.15, 0.2) is 6.61 Å². The predicted molar refractivity (Wildman–Crippen MR) is 53.9 cm³/mol. The molecule has 0 heterocycles. The number of rotatable bonds is 4. The largest absolute Gasteiger partial charge is 0.508 e. The maximum atomic E-state index is 10.5. The van der Waals surface area contributed by atoms with E-state index in [1.165, 1.54) is 7.11 Å². The molecule has 0 aliphatic rings. The van der Waals surface area contributed by atoms with E-state index in [-0.39, 0.29) is 6.61 Å². The zero-order valence-electron chi connectivity index (χ0n) is 9.00. The monoisotopic (exact) mass is 199 g/mol. The van der Waals surface area contributed by atoms with E-state index in [0.717, 1.165) is 13.1 Å². The fraction of sp³-hybridized carbons (Fsp3) is 0.700. The fourth-order valence-electron chi connectivity index (χ4n) is 0.820. The maximum absolute atomic E-state index is 10.5. The zero-order valence-corrected chi connectivity index (χ0v) is 9.00. The number of nitrogens with zero attached hydrogens (tertiary/aromatic N) is 1. The van der Waals surface area contributed by atoms with Gasteiger partial charge >= 0.3 is 6.16 Å². The van der Waals surface area contributed by atoms with Crippen molar-refractivity contribution in [2.45, 2.75) is 13.8 Å². The van der Waals surface area contributed by atoms with Gasteiger partial charge in [-0.05, 0) is 13.1 Å². The van der Waals surface area contributed by atoms with Gasteiger partial charge in [0.25, 0.3) is 0 Å². The molecule has 0 aliphatic heterocycles. The second-order valence-corrected chi connectivity index (χ2v) is 2.56. The van der Waals surface area contributed by atoms with Gasteiger partial charge < -0.3 is 9.47 Å². The van der Waals surface area contributed by atoms with Crippen molar-refractivity contribution in [1.82, 2.24) is 4.90 Å². The lowest BCUT2D eigenvalue weighted by Gasteiger charge is -2.13. The van der Waals surface area contributed by atoms with E-state index in [1.54, 1.807) is 0 Å². The highest BCUT2D eigenvalue weighted by atomic mass is 16.7. The molecule has 0 aliphatic carbocycles. The van der Waals surface area contributed by atoms with Crippen LogP contribution in [-0.2, 0) is 9.47 Å². The Balaban J connectivity index is 3.57. The van der Waals surface area contributed by atoms with Crippen LogP contribution in [0.4, 0.5) is 4.79 Å². The Hall–Kier alpha value is -1.21. The number of carbonyl (C=O) groups excluding carboxylic acids is 1. The van der Waals surface area contributed by atoms with E-state index >= 15 is 0 Å². The molecule has 0 aromatic heterocycles. The van der Waals surface area contributed by atoms with Crippen molar-refractivity contribution in [3.63, 3.8) is 0 Å². The van der Waals surface area contributed by atoms with Gasteiger partial charge in [-0.15, -0.1) is 0 Å². The van der Waals surface area contributed by atoms with Gasteiger partial charge in [-0.1, -0.05) is 25.7 Å². The third-order valence-electron chi connectivity index (χ3n) is 1.75. The molecule has 0 aromatic rings. The predicted octanol–water partition coefficient (Wildman–Crippen LogP) is 1.11. The van der Waals surface area contributed by atoms with Gasteiger partial charge in [0.1, 0.15) is 0 Å². The SMILES string of the molecule is CCN(CC)CC#CCOC(=O)OC. The van der Waals surface area contributed by atoms with Crippen LogP contribution < -0.4 is 0 Å². The maximum Gasteiger partial charge on any atom is 0.508 e. The summed E-state index contributed by atoms with van der Waals surface area (Å²) in [6.45, 7) is 6.91. The highest BCUT2D eigenvalue weighted by Gasteiger charge is 1.96. The van der Waals surface area contributed by atoms with Crippen molar-refractivity contribution in [3.8, 4) is 11.8 Å². The number of hydrogen-bond acceptors (Lipinski definition) is 4. The summed E-state index contributed by atoms with van der Waals surface area (Å²) in [7, 11) is 1.27. The summed E-state index contributed by atoms with van der Waals surface area (Å²) < 4.78 is 8.87. The Morgan fingerprint density at radius 2 is 1.93 bits per heavy atom. The van der Waals surface area contributed by atoms with E-state index in [0.29, 0.717) is 6.54 Å². The minimum Gasteiger partial charge on any atom is -0.438 e. The second-order valence-electron chi connectivity index (χ2n) is 2.56. The summed E-state index contributed by atoms with van der Waals surface area (Å²) in [5.41, 5.74) is 0. The molecule has 0 bridgehead atoms. The molecular formula is C10H17NO3. The summed E-state index contributed by atoms with van der Waals surface area (Å²) in [6, 6.07) is 0. The van der Waals surface area contributed by atoms with Crippen LogP contribution >= 0.6 is 0 Å². The molecule has 0 rings (SSSR count). The number of hydrogen-bond donors (Lipinski definition) is 0.